The van der Waals surface area contributed by atoms with E-state index in [4.69, 9.17) is 16.3 Å². The van der Waals surface area contributed by atoms with E-state index in [0.29, 0.717) is 11.4 Å². The lowest BCUT2D eigenvalue weighted by molar-refractivity contribution is -0.216. The standard InChI is InChI=1S/C15H21ClN2O3/c1-14(20)10-15(21-9-12(14)19)4-6-18(7-5-15)13-3-2-11(16)8-17-13/h2-3,8,12,19-20H,4-7,9-10H2,1H3/t12-,14-/m0/s1. The predicted molar refractivity (Wildman–Crippen MR) is 80.6 cm³/mol. The number of rotatable bonds is 1. The first-order chi connectivity index (χ1) is 9.90. The van der Waals surface area contributed by atoms with Crippen molar-refractivity contribution < 1.29 is 14.9 Å². The summed E-state index contributed by atoms with van der Waals surface area (Å²) in [5.41, 5.74) is -1.40. The highest BCUT2D eigenvalue weighted by atomic mass is 35.5. The fraction of sp³-hybridized carbons (Fsp3) is 0.667. The number of halogens is 1. The molecule has 0 aliphatic carbocycles. The van der Waals surface area contributed by atoms with Gasteiger partial charge in [0.05, 0.1) is 22.8 Å². The van der Waals surface area contributed by atoms with Gasteiger partial charge in [0, 0.05) is 25.7 Å². The first kappa shape index (κ1) is 15.0. The molecule has 116 valence electrons. The molecule has 0 amide bonds. The molecule has 2 saturated heterocycles. The lowest BCUT2D eigenvalue weighted by atomic mass is 9.76. The molecule has 2 N–H and O–H groups in total. The molecule has 2 fully saturated rings. The zero-order chi connectivity index (χ0) is 15.1. The minimum absolute atomic E-state index is 0.201. The third-order valence-electron chi connectivity index (χ3n) is 4.66. The van der Waals surface area contributed by atoms with Gasteiger partial charge in [-0.25, -0.2) is 4.98 Å². The van der Waals surface area contributed by atoms with Crippen molar-refractivity contribution in [3.63, 3.8) is 0 Å². The van der Waals surface area contributed by atoms with Crippen LogP contribution in [0.5, 0.6) is 0 Å². The number of pyridine rings is 1. The Morgan fingerprint density at radius 2 is 2.10 bits per heavy atom. The van der Waals surface area contributed by atoms with Gasteiger partial charge in [-0.05, 0) is 31.9 Å². The summed E-state index contributed by atoms with van der Waals surface area (Å²) in [5, 5.41) is 20.7. The first-order valence-corrected chi connectivity index (χ1v) is 7.69. The maximum Gasteiger partial charge on any atom is 0.128 e. The summed E-state index contributed by atoms with van der Waals surface area (Å²) in [5.74, 6) is 0.914. The highest BCUT2D eigenvalue weighted by Crippen LogP contribution is 2.40. The number of ether oxygens (including phenoxy) is 1. The molecule has 3 rings (SSSR count). The van der Waals surface area contributed by atoms with Crippen molar-refractivity contribution in [1.82, 2.24) is 4.98 Å². The molecule has 1 aromatic heterocycles. The first-order valence-electron chi connectivity index (χ1n) is 7.31. The van der Waals surface area contributed by atoms with Gasteiger partial charge in [-0.15, -0.1) is 0 Å². The Bertz CT molecular complexity index is 498. The van der Waals surface area contributed by atoms with Gasteiger partial charge in [0.25, 0.3) is 0 Å². The van der Waals surface area contributed by atoms with E-state index >= 15 is 0 Å². The van der Waals surface area contributed by atoms with Gasteiger partial charge in [-0.1, -0.05) is 11.6 Å². The molecular weight excluding hydrogens is 292 g/mol. The monoisotopic (exact) mass is 312 g/mol. The van der Waals surface area contributed by atoms with Gasteiger partial charge in [0.2, 0.25) is 0 Å². The van der Waals surface area contributed by atoms with Crippen LogP contribution in [0.2, 0.25) is 5.02 Å². The quantitative estimate of drug-likeness (QED) is 0.824. The van der Waals surface area contributed by atoms with Crippen molar-refractivity contribution >= 4 is 17.4 Å². The van der Waals surface area contributed by atoms with E-state index in [1.165, 1.54) is 0 Å². The van der Waals surface area contributed by atoms with Crippen LogP contribution in [-0.2, 0) is 4.74 Å². The predicted octanol–water partition coefficient (Wildman–Crippen LogP) is 1.61. The molecule has 2 atom stereocenters. The average Bonchev–Trinajstić information content (AvgIpc) is 2.45. The molecule has 0 unspecified atom stereocenters. The van der Waals surface area contributed by atoms with Crippen LogP contribution in [0.1, 0.15) is 26.2 Å². The summed E-state index contributed by atoms with van der Waals surface area (Å²) in [6.45, 7) is 3.53. The van der Waals surface area contributed by atoms with E-state index in [1.807, 2.05) is 12.1 Å². The molecule has 5 nitrogen and oxygen atoms in total. The van der Waals surface area contributed by atoms with Crippen LogP contribution in [0.15, 0.2) is 18.3 Å². The van der Waals surface area contributed by atoms with E-state index in [1.54, 1.807) is 13.1 Å². The highest BCUT2D eigenvalue weighted by molar-refractivity contribution is 6.30. The van der Waals surface area contributed by atoms with Gasteiger partial charge in [-0.2, -0.15) is 0 Å². The molecule has 0 radical (unpaired) electrons. The number of piperidine rings is 1. The maximum atomic E-state index is 10.3. The van der Waals surface area contributed by atoms with Crippen LogP contribution < -0.4 is 4.90 Å². The number of aliphatic hydroxyl groups is 2. The van der Waals surface area contributed by atoms with Crippen LogP contribution in [0.4, 0.5) is 5.82 Å². The zero-order valence-corrected chi connectivity index (χ0v) is 12.9. The third-order valence-corrected chi connectivity index (χ3v) is 4.88. The topological polar surface area (TPSA) is 65.8 Å². The Kier molecular flexibility index (Phi) is 3.86. The summed E-state index contributed by atoms with van der Waals surface area (Å²) in [6.07, 6.45) is 2.96. The van der Waals surface area contributed by atoms with Crippen molar-refractivity contribution in [2.24, 2.45) is 0 Å². The number of nitrogens with zero attached hydrogens (tertiary/aromatic N) is 2. The summed E-state index contributed by atoms with van der Waals surface area (Å²) in [4.78, 5) is 6.54. The summed E-state index contributed by atoms with van der Waals surface area (Å²) >= 11 is 5.86. The molecule has 3 heterocycles. The van der Waals surface area contributed by atoms with Gasteiger partial charge < -0.3 is 19.8 Å². The number of hydrogen-bond donors (Lipinski definition) is 2. The van der Waals surface area contributed by atoms with E-state index in [9.17, 15) is 10.2 Å². The lowest BCUT2D eigenvalue weighted by Gasteiger charge is -2.50. The Hall–Kier alpha value is -0.880. The molecule has 0 aromatic carbocycles. The molecule has 21 heavy (non-hydrogen) atoms. The van der Waals surface area contributed by atoms with Gasteiger partial charge in [0.1, 0.15) is 11.9 Å². The third kappa shape index (κ3) is 3.01. The fourth-order valence-corrected chi connectivity index (χ4v) is 3.39. The summed E-state index contributed by atoms with van der Waals surface area (Å²) in [7, 11) is 0. The molecule has 1 aromatic rings. The lowest BCUT2D eigenvalue weighted by Crippen LogP contribution is -2.59. The van der Waals surface area contributed by atoms with Crippen molar-refractivity contribution in [3.8, 4) is 0 Å². The summed E-state index contributed by atoms with van der Waals surface area (Å²) < 4.78 is 5.88. The molecular formula is C15H21ClN2O3. The largest absolute Gasteiger partial charge is 0.388 e. The second-order valence-electron chi connectivity index (χ2n) is 6.37. The van der Waals surface area contributed by atoms with Crippen LogP contribution in [0.25, 0.3) is 0 Å². The molecule has 1 spiro atoms. The van der Waals surface area contributed by atoms with Crippen LogP contribution in [0.3, 0.4) is 0 Å². The maximum absolute atomic E-state index is 10.3. The molecule has 6 heteroatoms. The highest BCUT2D eigenvalue weighted by Gasteiger charge is 2.48. The minimum Gasteiger partial charge on any atom is -0.388 e. The Morgan fingerprint density at radius 3 is 2.67 bits per heavy atom. The smallest absolute Gasteiger partial charge is 0.128 e. The summed E-state index contributed by atoms with van der Waals surface area (Å²) in [6, 6.07) is 3.76. The average molecular weight is 313 g/mol. The van der Waals surface area contributed by atoms with Gasteiger partial charge in [-0.3, -0.25) is 0 Å². The van der Waals surface area contributed by atoms with E-state index in [2.05, 4.69) is 9.88 Å². The SMILES string of the molecule is C[C@]1(O)CC2(CCN(c3ccc(Cl)cn3)CC2)OC[C@@H]1O. The number of aromatic nitrogens is 1. The Morgan fingerprint density at radius 1 is 1.38 bits per heavy atom. The number of aliphatic hydroxyl groups excluding tert-OH is 1. The molecule has 2 aliphatic heterocycles. The zero-order valence-electron chi connectivity index (χ0n) is 12.1. The van der Waals surface area contributed by atoms with E-state index in [0.717, 1.165) is 31.7 Å². The molecule has 0 saturated carbocycles. The van der Waals surface area contributed by atoms with Gasteiger partial charge >= 0.3 is 0 Å². The van der Waals surface area contributed by atoms with E-state index in [-0.39, 0.29) is 12.2 Å². The van der Waals surface area contributed by atoms with Crippen molar-refractivity contribution in [1.29, 1.82) is 0 Å². The Labute approximate surface area is 129 Å². The normalized spacial score (nSPS) is 32.4. The second-order valence-corrected chi connectivity index (χ2v) is 6.80. The van der Waals surface area contributed by atoms with Crippen LogP contribution in [-0.4, -0.2) is 52.2 Å². The molecule has 0 bridgehead atoms. The van der Waals surface area contributed by atoms with Crippen LogP contribution in [0, 0.1) is 0 Å². The minimum atomic E-state index is -1.07. The number of hydrogen-bond acceptors (Lipinski definition) is 5. The fourth-order valence-electron chi connectivity index (χ4n) is 3.28. The molecule has 2 aliphatic rings. The van der Waals surface area contributed by atoms with Crippen molar-refractivity contribution in [3.05, 3.63) is 23.4 Å². The van der Waals surface area contributed by atoms with Crippen molar-refractivity contribution in [2.45, 2.75) is 43.5 Å². The van der Waals surface area contributed by atoms with Gasteiger partial charge in [0.15, 0.2) is 0 Å². The Balaban J connectivity index is 1.66. The second kappa shape index (κ2) is 5.39. The van der Waals surface area contributed by atoms with E-state index < -0.39 is 11.7 Å². The van der Waals surface area contributed by atoms with Crippen molar-refractivity contribution in [2.75, 3.05) is 24.6 Å². The number of anilines is 1. The van der Waals surface area contributed by atoms with Crippen LogP contribution >= 0.6 is 11.6 Å².